The van der Waals surface area contributed by atoms with Gasteiger partial charge in [0.05, 0.1) is 18.8 Å². The van der Waals surface area contributed by atoms with Gasteiger partial charge in [-0.3, -0.25) is 14.5 Å². The number of rotatable bonds is 9. The van der Waals surface area contributed by atoms with Crippen molar-refractivity contribution >= 4 is 11.9 Å². The second-order valence-corrected chi connectivity index (χ2v) is 12.3. The van der Waals surface area contributed by atoms with Gasteiger partial charge in [0.1, 0.15) is 11.6 Å². The number of esters is 1. The number of amides is 1. The van der Waals surface area contributed by atoms with E-state index in [0.717, 1.165) is 41.6 Å². The summed E-state index contributed by atoms with van der Waals surface area (Å²) < 4.78 is 18.8. The lowest BCUT2D eigenvalue weighted by molar-refractivity contribution is -0.253. The van der Waals surface area contributed by atoms with Gasteiger partial charge in [-0.1, -0.05) is 66.7 Å². The van der Waals surface area contributed by atoms with Crippen molar-refractivity contribution in [1.29, 1.82) is 0 Å². The molecular formula is C35H42N2O6. The van der Waals surface area contributed by atoms with E-state index >= 15 is 0 Å². The van der Waals surface area contributed by atoms with Gasteiger partial charge >= 0.3 is 5.97 Å². The molecule has 0 aromatic heterocycles. The molecule has 8 nitrogen and oxygen atoms in total. The fourth-order valence-corrected chi connectivity index (χ4v) is 5.64. The summed E-state index contributed by atoms with van der Waals surface area (Å²) in [4.78, 5) is 27.6. The molecule has 5 rings (SSSR count). The maximum atomic E-state index is 13.0. The van der Waals surface area contributed by atoms with Crippen LogP contribution in [0.5, 0.6) is 0 Å². The molecule has 0 radical (unpaired) electrons. The van der Waals surface area contributed by atoms with Gasteiger partial charge in [-0.05, 0) is 69.0 Å². The lowest BCUT2D eigenvalue weighted by Gasteiger charge is -2.38. The van der Waals surface area contributed by atoms with Gasteiger partial charge in [0, 0.05) is 30.6 Å². The number of carbonyl (C=O) groups excluding carboxylic acids is 2. The average Bonchev–Trinajstić information content (AvgIpc) is 3.48. The van der Waals surface area contributed by atoms with E-state index in [1.54, 1.807) is 12.1 Å². The third kappa shape index (κ3) is 8.30. The van der Waals surface area contributed by atoms with Crippen LogP contribution in [0.2, 0.25) is 0 Å². The molecule has 2 heterocycles. The second-order valence-electron chi connectivity index (χ2n) is 12.3. The van der Waals surface area contributed by atoms with Crippen LogP contribution >= 0.6 is 0 Å². The molecule has 2 saturated heterocycles. The summed E-state index contributed by atoms with van der Waals surface area (Å²) >= 11 is 0. The molecule has 0 saturated carbocycles. The molecule has 2 aliphatic heterocycles. The first-order valence-electron chi connectivity index (χ1n) is 15.1. The molecule has 1 amide bonds. The van der Waals surface area contributed by atoms with Crippen LogP contribution in [0, 0.1) is 0 Å². The van der Waals surface area contributed by atoms with Crippen molar-refractivity contribution in [1.82, 2.24) is 10.2 Å². The number of nitrogens with zero attached hydrogens (tertiary/aromatic N) is 1. The molecule has 0 aliphatic carbocycles. The molecule has 43 heavy (non-hydrogen) atoms. The van der Waals surface area contributed by atoms with Crippen LogP contribution in [-0.2, 0) is 32.2 Å². The highest BCUT2D eigenvalue weighted by Gasteiger charge is 2.38. The van der Waals surface area contributed by atoms with Crippen molar-refractivity contribution in [3.05, 3.63) is 107 Å². The van der Waals surface area contributed by atoms with Gasteiger partial charge in [0.25, 0.3) is 5.91 Å². The topological polar surface area (TPSA) is 97.3 Å². The predicted octanol–water partition coefficient (Wildman–Crippen LogP) is 5.46. The molecule has 2 fully saturated rings. The minimum Gasteiger partial charge on any atom is -0.459 e. The Kier molecular flexibility index (Phi) is 9.93. The highest BCUT2D eigenvalue weighted by molar-refractivity contribution is 5.94. The maximum Gasteiger partial charge on any atom is 0.323 e. The Balaban J connectivity index is 1.29. The SMILES string of the molecule is CC(C)(C)OC(=O)[C@@H]1CCCN1C[C@@H]1C[C@H](c2ccc(CO)cc2)O[C@H](c2ccc(CNC(=O)c3ccccc3)cc2)O1. The van der Waals surface area contributed by atoms with E-state index in [0.29, 0.717) is 25.1 Å². The zero-order valence-corrected chi connectivity index (χ0v) is 25.2. The van der Waals surface area contributed by atoms with Gasteiger partial charge in [-0.15, -0.1) is 0 Å². The van der Waals surface area contributed by atoms with Crippen LogP contribution in [0.3, 0.4) is 0 Å². The first kappa shape index (κ1) is 30.9. The Labute approximate surface area is 254 Å². The van der Waals surface area contributed by atoms with E-state index < -0.39 is 11.9 Å². The van der Waals surface area contributed by atoms with Gasteiger partial charge in [-0.25, -0.2) is 0 Å². The maximum absolute atomic E-state index is 13.0. The number of carbonyl (C=O) groups is 2. The number of hydrogen-bond acceptors (Lipinski definition) is 7. The first-order valence-corrected chi connectivity index (χ1v) is 15.1. The summed E-state index contributed by atoms with van der Waals surface area (Å²) in [5.74, 6) is -0.298. The van der Waals surface area contributed by atoms with Crippen LogP contribution in [0.1, 0.15) is 85.0 Å². The summed E-state index contributed by atoms with van der Waals surface area (Å²) in [7, 11) is 0. The van der Waals surface area contributed by atoms with Crippen LogP contribution < -0.4 is 5.32 Å². The van der Waals surface area contributed by atoms with Gasteiger partial charge in [-0.2, -0.15) is 0 Å². The Bertz CT molecular complexity index is 1350. The van der Waals surface area contributed by atoms with E-state index in [4.69, 9.17) is 14.2 Å². The lowest BCUT2D eigenvalue weighted by atomic mass is 9.99. The molecule has 0 spiro atoms. The Morgan fingerprint density at radius 3 is 2.28 bits per heavy atom. The summed E-state index contributed by atoms with van der Waals surface area (Å²) in [6, 6.07) is 24.6. The van der Waals surface area contributed by atoms with E-state index in [1.807, 2.05) is 87.5 Å². The summed E-state index contributed by atoms with van der Waals surface area (Å²) in [5, 5.41) is 12.5. The van der Waals surface area contributed by atoms with Crippen molar-refractivity contribution in [2.45, 2.75) is 83.3 Å². The number of benzene rings is 3. The van der Waals surface area contributed by atoms with Crippen molar-refractivity contribution in [2.75, 3.05) is 13.1 Å². The smallest absolute Gasteiger partial charge is 0.323 e. The number of likely N-dealkylation sites (tertiary alicyclic amines) is 1. The van der Waals surface area contributed by atoms with Gasteiger partial charge in [0.2, 0.25) is 0 Å². The molecule has 4 atom stereocenters. The van der Waals surface area contributed by atoms with Gasteiger partial charge < -0.3 is 24.6 Å². The van der Waals surface area contributed by atoms with E-state index in [-0.39, 0.29) is 36.7 Å². The Morgan fingerprint density at radius 1 is 0.930 bits per heavy atom. The summed E-state index contributed by atoms with van der Waals surface area (Å²) in [6.07, 6.45) is 1.35. The quantitative estimate of drug-likeness (QED) is 0.322. The van der Waals surface area contributed by atoms with Crippen molar-refractivity contribution < 1.29 is 28.9 Å². The highest BCUT2D eigenvalue weighted by atomic mass is 16.7. The van der Waals surface area contributed by atoms with E-state index in [2.05, 4.69) is 10.2 Å². The first-order chi connectivity index (χ1) is 20.7. The molecule has 3 aromatic rings. The number of aliphatic hydroxyl groups excluding tert-OH is 1. The molecular weight excluding hydrogens is 544 g/mol. The number of hydrogen-bond donors (Lipinski definition) is 2. The number of aliphatic hydroxyl groups is 1. The molecule has 2 aliphatic rings. The second kappa shape index (κ2) is 13.8. The standard InChI is InChI=1S/C35H42N2O6/c1-35(2,3)43-33(40)30-10-7-19-37(30)22-29-20-31(26-15-13-25(23-38)14-16-26)42-34(41-29)28-17-11-24(12-18-28)21-36-32(39)27-8-5-4-6-9-27/h4-6,8-9,11-18,29-31,34,38H,7,10,19-23H2,1-3H3,(H,36,39)/t29-,30-,31+,34+/m0/s1. The minimum absolute atomic E-state index is 0.0146. The van der Waals surface area contributed by atoms with Crippen LogP contribution in [0.15, 0.2) is 78.9 Å². The van der Waals surface area contributed by atoms with Crippen LogP contribution in [0.4, 0.5) is 0 Å². The third-order valence-corrected chi connectivity index (χ3v) is 7.84. The van der Waals surface area contributed by atoms with Gasteiger partial charge in [0.15, 0.2) is 6.29 Å². The fourth-order valence-electron chi connectivity index (χ4n) is 5.64. The monoisotopic (exact) mass is 586 g/mol. The zero-order valence-electron chi connectivity index (χ0n) is 25.2. The molecule has 0 unspecified atom stereocenters. The Morgan fingerprint density at radius 2 is 1.60 bits per heavy atom. The van der Waals surface area contributed by atoms with Crippen molar-refractivity contribution in [2.24, 2.45) is 0 Å². The minimum atomic E-state index is -0.600. The molecule has 2 N–H and O–H groups in total. The normalized spacial score (nSPS) is 22.7. The molecule has 8 heteroatoms. The highest BCUT2D eigenvalue weighted by Crippen LogP contribution is 2.39. The lowest BCUT2D eigenvalue weighted by Crippen LogP contribution is -2.45. The Hall–Kier alpha value is -3.56. The van der Waals surface area contributed by atoms with Crippen molar-refractivity contribution in [3.63, 3.8) is 0 Å². The molecule has 3 aromatic carbocycles. The third-order valence-electron chi connectivity index (χ3n) is 7.84. The summed E-state index contributed by atoms with van der Waals surface area (Å²) in [5.41, 5.74) is 3.79. The molecule has 0 bridgehead atoms. The fraction of sp³-hybridized carbons (Fsp3) is 0.429. The van der Waals surface area contributed by atoms with E-state index in [9.17, 15) is 14.7 Å². The molecule has 228 valence electrons. The van der Waals surface area contributed by atoms with Crippen LogP contribution in [-0.4, -0.2) is 52.7 Å². The van der Waals surface area contributed by atoms with E-state index in [1.165, 1.54) is 0 Å². The van der Waals surface area contributed by atoms with Crippen LogP contribution in [0.25, 0.3) is 0 Å². The largest absolute Gasteiger partial charge is 0.459 e. The predicted molar refractivity (Wildman–Crippen MR) is 163 cm³/mol. The summed E-state index contributed by atoms with van der Waals surface area (Å²) in [6.45, 7) is 7.49. The average molecular weight is 587 g/mol. The van der Waals surface area contributed by atoms with Crippen molar-refractivity contribution in [3.8, 4) is 0 Å². The number of nitrogens with one attached hydrogen (secondary N) is 1. The zero-order chi connectivity index (χ0) is 30.4. The number of ether oxygens (including phenoxy) is 3.